The Morgan fingerprint density at radius 2 is 0.907 bits per heavy atom. The highest BCUT2D eigenvalue weighted by Crippen LogP contribution is 2.50. The maximum absolute atomic E-state index is 5.11. The molecule has 2 unspecified atom stereocenters. The van der Waals surface area contributed by atoms with E-state index in [0.29, 0.717) is 29.3 Å². The van der Waals surface area contributed by atoms with E-state index in [0.717, 1.165) is 40.7 Å². The third-order valence-corrected chi connectivity index (χ3v) is 11.0. The van der Waals surface area contributed by atoms with E-state index in [9.17, 15) is 0 Å². The van der Waals surface area contributed by atoms with Gasteiger partial charge < -0.3 is 0 Å². The monoisotopic (exact) mass is 691 g/mol. The van der Waals surface area contributed by atoms with Gasteiger partial charge in [-0.3, -0.25) is 0 Å². The molecular formula is C51H37N3. The minimum Gasteiger partial charge on any atom is -0.208 e. The topological polar surface area (TPSA) is 38.7 Å². The fraction of sp³-hybridized carbons (Fsp3) is 0.0784. The molecule has 0 spiro atoms. The van der Waals surface area contributed by atoms with Crippen molar-refractivity contribution < 1.29 is 0 Å². The van der Waals surface area contributed by atoms with E-state index in [1.54, 1.807) is 0 Å². The van der Waals surface area contributed by atoms with Gasteiger partial charge in [-0.05, 0) is 92.8 Å². The summed E-state index contributed by atoms with van der Waals surface area (Å²) >= 11 is 0. The van der Waals surface area contributed by atoms with Gasteiger partial charge in [0.1, 0.15) is 0 Å². The molecule has 0 aliphatic heterocycles. The van der Waals surface area contributed by atoms with Crippen molar-refractivity contribution in [2.24, 2.45) is 0 Å². The number of rotatable bonds is 6. The highest BCUT2D eigenvalue weighted by atomic mass is 15.0. The fourth-order valence-electron chi connectivity index (χ4n) is 8.26. The Bertz CT molecular complexity index is 2680. The molecule has 3 aliphatic rings. The molecule has 3 aliphatic carbocycles. The molecule has 0 fully saturated rings. The van der Waals surface area contributed by atoms with Gasteiger partial charge in [0.25, 0.3) is 0 Å². The molecule has 7 aromatic rings. The van der Waals surface area contributed by atoms with Crippen LogP contribution in [-0.2, 0) is 0 Å². The maximum Gasteiger partial charge on any atom is 0.164 e. The summed E-state index contributed by atoms with van der Waals surface area (Å²) < 4.78 is 0. The van der Waals surface area contributed by atoms with Crippen LogP contribution in [-0.4, -0.2) is 15.0 Å². The first-order chi connectivity index (χ1) is 26.7. The van der Waals surface area contributed by atoms with Crippen molar-refractivity contribution in [3.8, 4) is 67.5 Å². The van der Waals surface area contributed by atoms with Crippen molar-refractivity contribution >= 4 is 5.57 Å². The lowest BCUT2D eigenvalue weighted by Gasteiger charge is -2.34. The summed E-state index contributed by atoms with van der Waals surface area (Å²) in [5.41, 5.74) is 15.6. The van der Waals surface area contributed by atoms with Crippen LogP contribution in [0.3, 0.4) is 0 Å². The molecule has 256 valence electrons. The van der Waals surface area contributed by atoms with Gasteiger partial charge in [-0.1, -0.05) is 164 Å². The highest BCUT2D eigenvalue weighted by molar-refractivity contribution is 5.83. The van der Waals surface area contributed by atoms with Crippen molar-refractivity contribution in [3.05, 3.63) is 205 Å². The molecule has 3 heteroatoms. The molecule has 0 radical (unpaired) electrons. The molecule has 6 aromatic carbocycles. The number of fused-ring (bicyclic) bond motifs is 6. The lowest BCUT2D eigenvalue weighted by molar-refractivity contribution is 0.720. The second-order valence-electron chi connectivity index (χ2n) is 14.3. The Labute approximate surface area is 316 Å². The first kappa shape index (κ1) is 32.0. The number of aromatic nitrogens is 3. The molecule has 10 rings (SSSR count). The van der Waals surface area contributed by atoms with Crippen molar-refractivity contribution in [1.82, 2.24) is 15.0 Å². The van der Waals surface area contributed by atoms with Crippen LogP contribution in [0.2, 0.25) is 0 Å². The SMILES string of the molecule is C1=CCCC(c2cccc(-c3nc(-c4ccccc4)nc(-c4cccc(-c5cccc(-c6ccc7c(c6)-c6ccccc6C6C=CC=CC76)c5)c4)n3)c2)=C1. The van der Waals surface area contributed by atoms with E-state index < -0.39 is 0 Å². The standard InChI is InChI=1S/C51H37N3/c1-3-14-34(15-4-1)36-18-12-22-41(31-36)50-52-49(35-16-5-2-6-17-35)53-51(54-50)42-23-13-21-39(32-42)37-19-11-20-38(30-37)40-28-29-47-45-26-8-7-24-43(45)44-25-9-10-27-46(44)48(47)33-40/h1-3,5-14,16-33,43,45H,4,15H2. The summed E-state index contributed by atoms with van der Waals surface area (Å²) in [7, 11) is 0. The predicted octanol–water partition coefficient (Wildman–Crippen LogP) is 12.9. The van der Waals surface area contributed by atoms with Crippen LogP contribution in [0.1, 0.15) is 41.4 Å². The van der Waals surface area contributed by atoms with Gasteiger partial charge in [0.2, 0.25) is 0 Å². The Balaban J connectivity index is 1.03. The smallest absolute Gasteiger partial charge is 0.164 e. The Hall–Kier alpha value is -6.71. The number of hydrogen-bond acceptors (Lipinski definition) is 3. The van der Waals surface area contributed by atoms with E-state index in [1.807, 2.05) is 18.2 Å². The summed E-state index contributed by atoms with van der Waals surface area (Å²) in [6, 6.07) is 52.1. The van der Waals surface area contributed by atoms with Crippen LogP contribution in [0, 0.1) is 0 Å². The Morgan fingerprint density at radius 3 is 1.57 bits per heavy atom. The van der Waals surface area contributed by atoms with E-state index in [-0.39, 0.29) is 0 Å². The molecule has 54 heavy (non-hydrogen) atoms. The number of benzene rings is 6. The summed E-state index contributed by atoms with van der Waals surface area (Å²) in [6.45, 7) is 0. The lowest BCUT2D eigenvalue weighted by atomic mass is 9.69. The van der Waals surface area contributed by atoms with Crippen molar-refractivity contribution in [2.75, 3.05) is 0 Å². The lowest BCUT2D eigenvalue weighted by Crippen LogP contribution is -2.16. The predicted molar refractivity (Wildman–Crippen MR) is 223 cm³/mol. The van der Waals surface area contributed by atoms with Crippen molar-refractivity contribution in [3.63, 3.8) is 0 Å². The normalized spacial score (nSPS) is 16.6. The molecule has 0 amide bonds. The zero-order valence-electron chi connectivity index (χ0n) is 29.8. The van der Waals surface area contributed by atoms with Crippen LogP contribution >= 0.6 is 0 Å². The average Bonchev–Trinajstić information content (AvgIpc) is 3.27. The van der Waals surface area contributed by atoms with Crippen molar-refractivity contribution in [1.29, 1.82) is 0 Å². The van der Waals surface area contributed by atoms with Gasteiger partial charge in [-0.25, -0.2) is 15.0 Å². The van der Waals surface area contributed by atoms with Gasteiger partial charge in [0.15, 0.2) is 17.5 Å². The third kappa shape index (κ3) is 5.94. The van der Waals surface area contributed by atoms with Crippen molar-refractivity contribution in [2.45, 2.75) is 24.7 Å². The molecule has 0 saturated carbocycles. The fourth-order valence-corrected chi connectivity index (χ4v) is 8.26. The second kappa shape index (κ2) is 13.7. The Kier molecular flexibility index (Phi) is 8.11. The molecule has 2 atom stereocenters. The van der Waals surface area contributed by atoms with E-state index >= 15 is 0 Å². The number of nitrogens with zero attached hydrogens (tertiary/aromatic N) is 3. The maximum atomic E-state index is 5.11. The van der Waals surface area contributed by atoms with Crippen LogP contribution < -0.4 is 0 Å². The quantitative estimate of drug-likeness (QED) is 0.174. The van der Waals surface area contributed by atoms with Gasteiger partial charge >= 0.3 is 0 Å². The Morgan fingerprint density at radius 1 is 0.389 bits per heavy atom. The molecule has 1 heterocycles. The minimum absolute atomic E-state index is 0.358. The number of hydrogen-bond donors (Lipinski definition) is 0. The third-order valence-electron chi connectivity index (χ3n) is 11.0. The molecule has 3 nitrogen and oxygen atoms in total. The van der Waals surface area contributed by atoms with Crippen LogP contribution in [0.25, 0.3) is 73.1 Å². The highest BCUT2D eigenvalue weighted by Gasteiger charge is 2.31. The summed E-state index contributed by atoms with van der Waals surface area (Å²) in [4.78, 5) is 15.2. The van der Waals surface area contributed by atoms with Crippen LogP contribution in [0.5, 0.6) is 0 Å². The van der Waals surface area contributed by atoms with Gasteiger partial charge in [0, 0.05) is 28.5 Å². The first-order valence-corrected chi connectivity index (χ1v) is 18.8. The molecule has 0 N–H and O–H groups in total. The molecular weight excluding hydrogens is 655 g/mol. The second-order valence-corrected chi connectivity index (χ2v) is 14.3. The van der Waals surface area contributed by atoms with Crippen LogP contribution in [0.15, 0.2) is 188 Å². The van der Waals surface area contributed by atoms with Gasteiger partial charge in [-0.2, -0.15) is 0 Å². The largest absolute Gasteiger partial charge is 0.208 e. The molecule has 1 aromatic heterocycles. The van der Waals surface area contributed by atoms with Gasteiger partial charge in [-0.15, -0.1) is 0 Å². The summed E-state index contributed by atoms with van der Waals surface area (Å²) in [6.07, 6.45) is 17.8. The molecule has 0 saturated heterocycles. The molecule has 0 bridgehead atoms. The van der Waals surface area contributed by atoms with E-state index in [1.165, 1.54) is 44.5 Å². The first-order valence-electron chi connectivity index (χ1n) is 18.8. The van der Waals surface area contributed by atoms with Crippen LogP contribution in [0.4, 0.5) is 0 Å². The number of allylic oxidation sites excluding steroid dienone is 8. The van der Waals surface area contributed by atoms with E-state index in [2.05, 4.69) is 170 Å². The van der Waals surface area contributed by atoms with E-state index in [4.69, 9.17) is 15.0 Å². The van der Waals surface area contributed by atoms with Gasteiger partial charge in [0.05, 0.1) is 0 Å². The zero-order chi connectivity index (χ0) is 35.8. The average molecular weight is 692 g/mol. The summed E-state index contributed by atoms with van der Waals surface area (Å²) in [5.74, 6) is 2.72. The minimum atomic E-state index is 0.358. The summed E-state index contributed by atoms with van der Waals surface area (Å²) in [5, 5.41) is 0. The zero-order valence-corrected chi connectivity index (χ0v) is 29.8.